The Hall–Kier alpha value is -1.88. The van der Waals surface area contributed by atoms with Crippen molar-refractivity contribution in [3.8, 4) is 5.75 Å². The molecule has 5 heteroatoms. The lowest BCUT2D eigenvalue weighted by Crippen LogP contribution is -2.44. The second kappa shape index (κ2) is 8.83. The summed E-state index contributed by atoms with van der Waals surface area (Å²) >= 11 is 0. The molecular formula is C19H28N2O3. The molecule has 1 fully saturated rings. The number of piperidine rings is 1. The average molecular weight is 332 g/mol. The molecule has 0 radical (unpaired) electrons. The smallest absolute Gasteiger partial charge is 0.234 e. The number of amides is 1. The van der Waals surface area contributed by atoms with E-state index in [1.807, 2.05) is 45.0 Å². The van der Waals surface area contributed by atoms with Gasteiger partial charge in [0.05, 0.1) is 12.6 Å². The number of hydrogen-bond acceptors (Lipinski definition) is 4. The lowest BCUT2D eigenvalue weighted by atomic mass is 9.90. The van der Waals surface area contributed by atoms with Crippen LogP contribution < -0.4 is 10.1 Å². The van der Waals surface area contributed by atoms with E-state index in [1.54, 1.807) is 0 Å². The van der Waals surface area contributed by atoms with Crippen molar-refractivity contribution in [2.75, 3.05) is 26.2 Å². The topological polar surface area (TPSA) is 58.6 Å². The molecular weight excluding hydrogens is 304 g/mol. The van der Waals surface area contributed by atoms with Crippen LogP contribution in [0.3, 0.4) is 0 Å². The highest BCUT2D eigenvalue weighted by molar-refractivity contribution is 5.98. The van der Waals surface area contributed by atoms with Crippen molar-refractivity contribution >= 4 is 11.7 Å². The van der Waals surface area contributed by atoms with Gasteiger partial charge in [0.25, 0.3) is 0 Å². The maximum atomic E-state index is 12.8. The van der Waals surface area contributed by atoms with Gasteiger partial charge in [-0.2, -0.15) is 0 Å². The van der Waals surface area contributed by atoms with Gasteiger partial charge in [-0.15, -0.1) is 0 Å². The van der Waals surface area contributed by atoms with Crippen LogP contribution in [-0.2, 0) is 4.79 Å². The van der Waals surface area contributed by atoms with Gasteiger partial charge in [0.1, 0.15) is 5.75 Å². The fraction of sp³-hybridized carbons (Fsp3) is 0.579. The number of likely N-dealkylation sites (N-methyl/N-ethyl adjacent to an activating group) is 1. The molecule has 132 valence electrons. The number of rotatable bonds is 7. The molecule has 0 spiro atoms. The van der Waals surface area contributed by atoms with Crippen LogP contribution in [0, 0.1) is 5.92 Å². The van der Waals surface area contributed by atoms with Gasteiger partial charge in [-0.05, 0) is 52.3 Å². The molecule has 1 aromatic carbocycles. The van der Waals surface area contributed by atoms with Crippen LogP contribution >= 0.6 is 0 Å². The summed E-state index contributed by atoms with van der Waals surface area (Å²) in [7, 11) is 0. The summed E-state index contributed by atoms with van der Waals surface area (Å²) in [6.45, 7) is 8.37. The molecule has 0 unspecified atom stereocenters. The Bertz CT molecular complexity index is 571. The van der Waals surface area contributed by atoms with E-state index >= 15 is 0 Å². The fourth-order valence-electron chi connectivity index (χ4n) is 3.10. The Kier molecular flexibility index (Phi) is 6.79. The van der Waals surface area contributed by atoms with Crippen LogP contribution in [0.25, 0.3) is 0 Å². The van der Waals surface area contributed by atoms with Crippen molar-refractivity contribution in [2.24, 2.45) is 5.92 Å². The number of carbonyl (C=O) groups excluding carboxylic acids is 2. The summed E-state index contributed by atoms with van der Waals surface area (Å²) < 4.78 is 5.68. The van der Waals surface area contributed by atoms with Gasteiger partial charge in [-0.1, -0.05) is 12.1 Å². The molecule has 1 aromatic rings. The number of ketones is 1. The van der Waals surface area contributed by atoms with Gasteiger partial charge in [0.15, 0.2) is 5.78 Å². The van der Waals surface area contributed by atoms with Gasteiger partial charge >= 0.3 is 0 Å². The van der Waals surface area contributed by atoms with Crippen LogP contribution in [0.2, 0.25) is 0 Å². The standard InChI is InChI=1S/C19H28N2O3/c1-4-20-18(22)13-21-10-6-8-16(12-21)19(23)15-7-5-9-17(11-15)24-14(2)3/h5,7,9,11,14,16H,4,6,8,10,12-13H2,1-3H3,(H,20,22)/t16-/m1/s1. The summed E-state index contributed by atoms with van der Waals surface area (Å²) in [5, 5.41) is 2.81. The van der Waals surface area contributed by atoms with Gasteiger partial charge in [-0.3, -0.25) is 14.5 Å². The maximum absolute atomic E-state index is 12.8. The quantitative estimate of drug-likeness (QED) is 0.780. The molecule has 24 heavy (non-hydrogen) atoms. The van der Waals surface area contributed by atoms with Crippen molar-refractivity contribution in [2.45, 2.75) is 39.7 Å². The minimum atomic E-state index is -0.0533. The summed E-state index contributed by atoms with van der Waals surface area (Å²) in [5.74, 6) is 0.844. The molecule has 1 saturated heterocycles. The maximum Gasteiger partial charge on any atom is 0.234 e. The Labute approximate surface area is 144 Å². The van der Waals surface area contributed by atoms with Crippen molar-refractivity contribution in [1.29, 1.82) is 0 Å². The molecule has 0 bridgehead atoms. The summed E-state index contributed by atoms with van der Waals surface area (Å²) in [6.07, 6.45) is 1.90. The monoisotopic (exact) mass is 332 g/mol. The molecule has 5 nitrogen and oxygen atoms in total. The average Bonchev–Trinajstić information content (AvgIpc) is 2.54. The first-order chi connectivity index (χ1) is 11.5. The predicted octanol–water partition coefficient (Wildman–Crippen LogP) is 2.50. The number of ether oxygens (including phenoxy) is 1. The Balaban J connectivity index is 1.99. The van der Waals surface area contributed by atoms with Gasteiger partial charge in [-0.25, -0.2) is 0 Å². The van der Waals surface area contributed by atoms with E-state index in [0.29, 0.717) is 25.2 Å². The lowest BCUT2D eigenvalue weighted by Gasteiger charge is -2.31. The second-order valence-electron chi connectivity index (χ2n) is 6.59. The second-order valence-corrected chi connectivity index (χ2v) is 6.59. The van der Waals surface area contributed by atoms with E-state index < -0.39 is 0 Å². The van der Waals surface area contributed by atoms with Crippen LogP contribution in [0.15, 0.2) is 24.3 Å². The zero-order valence-corrected chi connectivity index (χ0v) is 14.9. The first-order valence-corrected chi connectivity index (χ1v) is 8.79. The van der Waals surface area contributed by atoms with E-state index in [2.05, 4.69) is 10.2 Å². The highest BCUT2D eigenvalue weighted by Crippen LogP contribution is 2.23. The molecule has 1 heterocycles. The normalized spacial score (nSPS) is 18.4. The zero-order chi connectivity index (χ0) is 17.5. The number of benzene rings is 1. The number of likely N-dealkylation sites (tertiary alicyclic amines) is 1. The van der Waals surface area contributed by atoms with Gasteiger partial charge in [0, 0.05) is 24.6 Å². The molecule has 0 aromatic heterocycles. The first kappa shape index (κ1) is 18.5. The number of nitrogens with zero attached hydrogens (tertiary/aromatic N) is 1. The molecule has 0 saturated carbocycles. The van der Waals surface area contributed by atoms with Crippen LogP contribution in [0.1, 0.15) is 44.0 Å². The Morgan fingerprint density at radius 2 is 2.17 bits per heavy atom. The van der Waals surface area contributed by atoms with Gasteiger partial charge in [0.2, 0.25) is 5.91 Å². The van der Waals surface area contributed by atoms with Crippen molar-refractivity contribution in [3.05, 3.63) is 29.8 Å². The van der Waals surface area contributed by atoms with E-state index in [1.165, 1.54) is 0 Å². The third kappa shape index (κ3) is 5.34. The minimum Gasteiger partial charge on any atom is -0.491 e. The molecule has 1 N–H and O–H groups in total. The molecule has 1 amide bonds. The SMILES string of the molecule is CCNC(=O)CN1CCC[C@@H](C(=O)c2cccc(OC(C)C)c2)C1. The molecule has 0 aliphatic carbocycles. The third-order valence-electron chi connectivity index (χ3n) is 4.11. The van der Waals surface area contributed by atoms with Crippen LogP contribution in [-0.4, -0.2) is 48.9 Å². The highest BCUT2D eigenvalue weighted by atomic mass is 16.5. The van der Waals surface area contributed by atoms with Crippen molar-refractivity contribution in [3.63, 3.8) is 0 Å². The number of hydrogen-bond donors (Lipinski definition) is 1. The van der Waals surface area contributed by atoms with Crippen molar-refractivity contribution < 1.29 is 14.3 Å². The number of nitrogens with one attached hydrogen (secondary N) is 1. The van der Waals surface area contributed by atoms with Crippen LogP contribution in [0.4, 0.5) is 0 Å². The summed E-state index contributed by atoms with van der Waals surface area (Å²) in [5.41, 5.74) is 0.693. The molecule has 1 aliphatic rings. The zero-order valence-electron chi connectivity index (χ0n) is 14.9. The third-order valence-corrected chi connectivity index (χ3v) is 4.11. The van der Waals surface area contributed by atoms with Crippen molar-refractivity contribution in [1.82, 2.24) is 10.2 Å². The molecule has 2 rings (SSSR count). The van der Waals surface area contributed by atoms with E-state index in [4.69, 9.17) is 4.74 Å². The number of carbonyl (C=O) groups is 2. The first-order valence-electron chi connectivity index (χ1n) is 8.79. The van der Waals surface area contributed by atoms with E-state index in [0.717, 1.165) is 25.1 Å². The van der Waals surface area contributed by atoms with Crippen LogP contribution in [0.5, 0.6) is 5.75 Å². The molecule has 1 atom stereocenters. The Morgan fingerprint density at radius 3 is 2.88 bits per heavy atom. The van der Waals surface area contributed by atoms with Gasteiger partial charge < -0.3 is 10.1 Å². The minimum absolute atomic E-state index is 0.0259. The van der Waals surface area contributed by atoms with E-state index in [9.17, 15) is 9.59 Å². The fourth-order valence-corrected chi connectivity index (χ4v) is 3.10. The number of Topliss-reactive ketones (excluding diaryl/α,β-unsaturated/α-hetero) is 1. The highest BCUT2D eigenvalue weighted by Gasteiger charge is 2.27. The summed E-state index contributed by atoms with van der Waals surface area (Å²) in [6, 6.07) is 7.41. The Morgan fingerprint density at radius 1 is 1.38 bits per heavy atom. The lowest BCUT2D eigenvalue weighted by molar-refractivity contribution is -0.122. The predicted molar refractivity (Wildman–Crippen MR) is 94.4 cm³/mol. The van der Waals surface area contributed by atoms with E-state index in [-0.39, 0.29) is 23.7 Å². The molecule has 1 aliphatic heterocycles. The summed E-state index contributed by atoms with van der Waals surface area (Å²) in [4.78, 5) is 26.6. The largest absolute Gasteiger partial charge is 0.491 e.